The van der Waals surface area contributed by atoms with Gasteiger partial charge >= 0.3 is 0 Å². The summed E-state index contributed by atoms with van der Waals surface area (Å²) >= 11 is 7.54. The van der Waals surface area contributed by atoms with Crippen molar-refractivity contribution in [1.29, 1.82) is 0 Å². The lowest BCUT2D eigenvalue weighted by Crippen LogP contribution is -2.21. The minimum atomic E-state index is -0.373. The lowest BCUT2D eigenvalue weighted by Gasteiger charge is -2.06. The van der Waals surface area contributed by atoms with Crippen LogP contribution < -0.4 is 15.6 Å². The van der Waals surface area contributed by atoms with E-state index in [2.05, 4.69) is 22.2 Å². The van der Waals surface area contributed by atoms with Crippen LogP contribution in [-0.4, -0.2) is 17.5 Å². The number of carbonyl (C=O) groups excluding carboxylic acids is 1. The molecule has 0 saturated heterocycles. The van der Waals surface area contributed by atoms with Gasteiger partial charge < -0.3 is 9.15 Å². The predicted molar refractivity (Wildman–Crippen MR) is 154 cm³/mol. The van der Waals surface area contributed by atoms with Gasteiger partial charge in [0.1, 0.15) is 16.9 Å². The van der Waals surface area contributed by atoms with Crippen LogP contribution in [0.4, 0.5) is 10.8 Å². The Kier molecular flexibility index (Phi) is 7.86. The van der Waals surface area contributed by atoms with E-state index in [4.69, 9.17) is 20.8 Å². The standard InChI is InChI=1S/C30H26ClN3O3S/c1-3-4-14-36-24-11-8-20(9-12-24)26-18-38-30(33-26)34-28(35)25-17-21-16-22(31)10-13-27(21)37-29(25)32-23-7-5-6-19(2)15-23/h5-13,15-18H,3-4,14H2,1-2H3,(H,33,34,35). The average molecular weight is 544 g/mol. The fraction of sp³-hybridized carbons (Fsp3) is 0.167. The number of aromatic nitrogens is 1. The number of halogens is 1. The molecule has 0 aliphatic heterocycles. The maximum atomic E-state index is 13.4. The Morgan fingerprint density at radius 2 is 1.95 bits per heavy atom. The molecule has 0 spiro atoms. The third-order valence-corrected chi connectivity index (χ3v) is 6.82. The number of unbranched alkanes of at least 4 members (excludes halogenated alkanes) is 1. The Balaban J connectivity index is 1.42. The highest BCUT2D eigenvalue weighted by Gasteiger charge is 2.16. The minimum absolute atomic E-state index is 0.207. The Morgan fingerprint density at radius 3 is 2.74 bits per heavy atom. The number of hydrogen-bond acceptors (Lipinski definition) is 6. The van der Waals surface area contributed by atoms with E-state index < -0.39 is 0 Å². The van der Waals surface area contributed by atoms with E-state index in [0.29, 0.717) is 33.4 Å². The molecule has 0 bridgehead atoms. The molecule has 1 N–H and O–H groups in total. The number of anilines is 1. The molecular formula is C30H26ClN3O3S. The van der Waals surface area contributed by atoms with Gasteiger partial charge in [0.25, 0.3) is 5.91 Å². The first kappa shape index (κ1) is 25.7. The van der Waals surface area contributed by atoms with Crippen molar-refractivity contribution in [3.05, 3.63) is 99.9 Å². The van der Waals surface area contributed by atoms with E-state index in [0.717, 1.165) is 35.4 Å². The highest BCUT2D eigenvalue weighted by atomic mass is 35.5. The monoisotopic (exact) mass is 543 g/mol. The molecule has 0 saturated carbocycles. The van der Waals surface area contributed by atoms with Gasteiger partial charge in [0.15, 0.2) is 5.13 Å². The molecule has 0 aliphatic carbocycles. The molecule has 0 fully saturated rings. The van der Waals surface area contributed by atoms with Gasteiger partial charge in [-0.2, -0.15) is 0 Å². The molecule has 5 aromatic rings. The van der Waals surface area contributed by atoms with Crippen molar-refractivity contribution < 1.29 is 13.9 Å². The van der Waals surface area contributed by atoms with E-state index in [-0.39, 0.29) is 17.0 Å². The van der Waals surface area contributed by atoms with Crippen LogP contribution in [0.2, 0.25) is 5.02 Å². The maximum Gasteiger partial charge on any atom is 0.262 e. The first-order valence-electron chi connectivity index (χ1n) is 12.3. The number of hydrogen-bond donors (Lipinski definition) is 1. The number of thiazole rings is 1. The van der Waals surface area contributed by atoms with Gasteiger partial charge in [-0.1, -0.05) is 37.1 Å². The molecule has 1 amide bonds. The van der Waals surface area contributed by atoms with Crippen LogP contribution in [0, 0.1) is 6.92 Å². The van der Waals surface area contributed by atoms with Crippen LogP contribution in [-0.2, 0) is 0 Å². The molecule has 6 nitrogen and oxygen atoms in total. The SMILES string of the molecule is CCCCOc1ccc(-c2csc(NC(=O)c3cc4cc(Cl)ccc4oc3=Nc3cccc(C)c3)n2)cc1. The van der Waals surface area contributed by atoms with Crippen molar-refractivity contribution in [1.82, 2.24) is 4.98 Å². The number of aryl methyl sites for hydroxylation is 1. The minimum Gasteiger partial charge on any atom is -0.494 e. The van der Waals surface area contributed by atoms with Crippen LogP contribution in [0.1, 0.15) is 35.7 Å². The highest BCUT2D eigenvalue weighted by Crippen LogP contribution is 2.27. The second kappa shape index (κ2) is 11.6. The predicted octanol–water partition coefficient (Wildman–Crippen LogP) is 8.18. The summed E-state index contributed by atoms with van der Waals surface area (Å²) in [7, 11) is 0. The van der Waals surface area contributed by atoms with Gasteiger partial charge in [0, 0.05) is 21.4 Å². The fourth-order valence-corrected chi connectivity index (χ4v) is 4.74. The summed E-state index contributed by atoms with van der Waals surface area (Å²) in [6.07, 6.45) is 2.11. The Labute approximate surface area is 229 Å². The number of fused-ring (bicyclic) bond motifs is 1. The van der Waals surface area contributed by atoms with Crippen LogP contribution in [0.3, 0.4) is 0 Å². The molecule has 8 heteroatoms. The number of benzene rings is 3. The van der Waals surface area contributed by atoms with Gasteiger partial charge in [-0.3, -0.25) is 10.1 Å². The number of nitrogens with zero attached hydrogens (tertiary/aromatic N) is 2. The summed E-state index contributed by atoms with van der Waals surface area (Å²) in [5.74, 6) is 0.457. The summed E-state index contributed by atoms with van der Waals surface area (Å²) < 4.78 is 11.8. The topological polar surface area (TPSA) is 76.7 Å². The molecule has 0 aliphatic rings. The molecule has 192 valence electrons. The number of ether oxygens (including phenoxy) is 1. The van der Waals surface area contributed by atoms with Gasteiger partial charge in [-0.15, -0.1) is 11.3 Å². The maximum absolute atomic E-state index is 13.4. The average Bonchev–Trinajstić information content (AvgIpc) is 3.37. The zero-order valence-corrected chi connectivity index (χ0v) is 22.6. The van der Waals surface area contributed by atoms with E-state index in [1.807, 2.05) is 60.8 Å². The van der Waals surface area contributed by atoms with Crippen LogP contribution in [0.25, 0.3) is 22.2 Å². The van der Waals surface area contributed by atoms with E-state index >= 15 is 0 Å². The summed E-state index contributed by atoms with van der Waals surface area (Å²) in [6.45, 7) is 4.82. The largest absolute Gasteiger partial charge is 0.494 e. The summed E-state index contributed by atoms with van der Waals surface area (Å²) in [6, 6.07) is 22.5. The zero-order valence-electron chi connectivity index (χ0n) is 21.0. The zero-order chi connectivity index (χ0) is 26.5. The highest BCUT2D eigenvalue weighted by molar-refractivity contribution is 7.14. The summed E-state index contributed by atoms with van der Waals surface area (Å²) in [5.41, 5.74) is 4.52. The quantitative estimate of drug-likeness (QED) is 0.200. The van der Waals surface area contributed by atoms with Crippen molar-refractivity contribution >= 4 is 50.6 Å². The second-order valence-electron chi connectivity index (χ2n) is 8.82. The Bertz CT molecular complexity index is 1660. The third-order valence-electron chi connectivity index (χ3n) is 5.83. The molecule has 5 rings (SSSR count). The number of rotatable bonds is 8. The third kappa shape index (κ3) is 6.13. The van der Waals surface area contributed by atoms with E-state index in [9.17, 15) is 4.79 Å². The van der Waals surface area contributed by atoms with Crippen LogP contribution in [0.5, 0.6) is 5.75 Å². The van der Waals surface area contributed by atoms with Crippen molar-refractivity contribution in [3.63, 3.8) is 0 Å². The number of amides is 1. The number of carbonyl (C=O) groups is 1. The van der Waals surface area contributed by atoms with E-state index in [1.54, 1.807) is 24.3 Å². The number of nitrogens with one attached hydrogen (secondary N) is 1. The molecule has 0 radical (unpaired) electrons. The van der Waals surface area contributed by atoms with Crippen molar-refractivity contribution in [3.8, 4) is 17.0 Å². The van der Waals surface area contributed by atoms with Crippen LogP contribution >= 0.6 is 22.9 Å². The lowest BCUT2D eigenvalue weighted by molar-refractivity contribution is 0.102. The molecule has 2 heterocycles. The fourth-order valence-electron chi connectivity index (χ4n) is 3.85. The lowest BCUT2D eigenvalue weighted by atomic mass is 10.1. The first-order valence-corrected chi connectivity index (χ1v) is 13.6. The first-order chi connectivity index (χ1) is 18.5. The molecular weight excluding hydrogens is 518 g/mol. The second-order valence-corrected chi connectivity index (χ2v) is 10.1. The normalized spacial score (nSPS) is 11.6. The molecule has 0 unspecified atom stereocenters. The molecule has 0 atom stereocenters. The molecule has 38 heavy (non-hydrogen) atoms. The smallest absolute Gasteiger partial charge is 0.262 e. The van der Waals surface area contributed by atoms with Crippen molar-refractivity contribution in [2.45, 2.75) is 26.7 Å². The van der Waals surface area contributed by atoms with Crippen LogP contribution in [0.15, 0.2) is 87.6 Å². The van der Waals surface area contributed by atoms with Gasteiger partial charge in [-0.05, 0) is 79.6 Å². The van der Waals surface area contributed by atoms with E-state index in [1.165, 1.54) is 11.3 Å². The Hall–Kier alpha value is -3.94. The Morgan fingerprint density at radius 1 is 1.11 bits per heavy atom. The van der Waals surface area contributed by atoms with Gasteiger partial charge in [-0.25, -0.2) is 9.98 Å². The van der Waals surface area contributed by atoms with Crippen molar-refractivity contribution in [2.24, 2.45) is 4.99 Å². The van der Waals surface area contributed by atoms with Crippen molar-refractivity contribution in [2.75, 3.05) is 11.9 Å². The molecule has 3 aromatic carbocycles. The summed E-state index contributed by atoms with van der Waals surface area (Å²) in [4.78, 5) is 22.7. The van der Waals surface area contributed by atoms with Gasteiger partial charge in [0.05, 0.1) is 18.0 Å². The molecule has 2 aromatic heterocycles. The summed E-state index contributed by atoms with van der Waals surface area (Å²) in [5, 5.41) is 6.53. The van der Waals surface area contributed by atoms with Gasteiger partial charge in [0.2, 0.25) is 5.55 Å².